The van der Waals surface area contributed by atoms with E-state index in [0.717, 1.165) is 21.9 Å². The zero-order valence-electron chi connectivity index (χ0n) is 10.6. The highest BCUT2D eigenvalue weighted by molar-refractivity contribution is 7.20. The Hall–Kier alpha value is -2.45. The summed E-state index contributed by atoms with van der Waals surface area (Å²) in [5.41, 5.74) is 12.9. The molecule has 0 saturated carbocycles. The number of pyridine rings is 1. The van der Waals surface area contributed by atoms with Gasteiger partial charge in [0.05, 0.1) is 11.9 Å². The summed E-state index contributed by atoms with van der Waals surface area (Å²) in [6.07, 6.45) is 6.73. The number of rotatable bonds is 3. The Bertz CT molecular complexity index is 830. The smallest absolute Gasteiger partial charge is 0.211 e. The van der Waals surface area contributed by atoms with Gasteiger partial charge in [0.15, 0.2) is 4.96 Å². The Morgan fingerprint density at radius 2 is 2.29 bits per heavy atom. The van der Waals surface area contributed by atoms with Crippen LogP contribution < -0.4 is 11.5 Å². The second-order valence-electron chi connectivity index (χ2n) is 4.04. The maximum absolute atomic E-state index is 6.01. The number of nitrogens with zero attached hydrogens (tertiary/aromatic N) is 5. The van der Waals surface area contributed by atoms with Crippen molar-refractivity contribution in [2.45, 2.75) is 0 Å². The molecule has 0 amide bonds. The molecule has 3 aromatic rings. The monoisotopic (exact) mass is 319 g/mol. The van der Waals surface area contributed by atoms with Crippen molar-refractivity contribution < 1.29 is 0 Å². The molecule has 0 aromatic carbocycles. The molecule has 9 heteroatoms. The molecular weight excluding hydrogens is 310 g/mol. The third-order valence-electron chi connectivity index (χ3n) is 2.62. The lowest BCUT2D eigenvalue weighted by molar-refractivity contribution is 1.18. The van der Waals surface area contributed by atoms with Crippen molar-refractivity contribution in [1.82, 2.24) is 14.4 Å². The molecule has 3 aromatic heterocycles. The molecule has 3 heterocycles. The van der Waals surface area contributed by atoms with Gasteiger partial charge in [0.2, 0.25) is 5.96 Å². The zero-order chi connectivity index (χ0) is 14.8. The molecule has 0 aliphatic carbocycles. The SMILES string of the molecule is NC(N)=N/N=C/c1c(-c2cccnc2)nc2sc(Cl)cn12. The molecule has 0 bridgehead atoms. The lowest BCUT2D eigenvalue weighted by atomic mass is 10.2. The summed E-state index contributed by atoms with van der Waals surface area (Å²) in [4.78, 5) is 9.41. The van der Waals surface area contributed by atoms with E-state index in [4.69, 9.17) is 23.1 Å². The van der Waals surface area contributed by atoms with Crippen LogP contribution in [-0.4, -0.2) is 26.5 Å². The van der Waals surface area contributed by atoms with E-state index in [9.17, 15) is 0 Å². The molecule has 0 fully saturated rings. The molecule has 0 aliphatic heterocycles. The average molecular weight is 320 g/mol. The van der Waals surface area contributed by atoms with Crippen molar-refractivity contribution in [3.63, 3.8) is 0 Å². The average Bonchev–Trinajstić information content (AvgIpc) is 2.97. The van der Waals surface area contributed by atoms with Crippen molar-refractivity contribution >= 4 is 40.1 Å². The van der Waals surface area contributed by atoms with Crippen LogP contribution in [-0.2, 0) is 0 Å². The Morgan fingerprint density at radius 3 is 3.00 bits per heavy atom. The molecule has 0 radical (unpaired) electrons. The highest BCUT2D eigenvalue weighted by Crippen LogP contribution is 2.29. The van der Waals surface area contributed by atoms with Crippen LogP contribution in [0, 0.1) is 0 Å². The summed E-state index contributed by atoms with van der Waals surface area (Å²) in [6.45, 7) is 0. The fraction of sp³-hybridized carbons (Fsp3) is 0. The third kappa shape index (κ3) is 2.71. The molecule has 0 unspecified atom stereocenters. The first kappa shape index (κ1) is 13.5. The number of guanidine groups is 1. The number of imidazole rings is 1. The lowest BCUT2D eigenvalue weighted by Gasteiger charge is -1.98. The minimum atomic E-state index is -0.113. The van der Waals surface area contributed by atoms with Crippen LogP contribution in [0.2, 0.25) is 4.34 Å². The lowest BCUT2D eigenvalue weighted by Crippen LogP contribution is -2.21. The molecule has 4 N–H and O–H groups in total. The van der Waals surface area contributed by atoms with Gasteiger partial charge in [-0.05, 0) is 12.1 Å². The largest absolute Gasteiger partial charge is 0.369 e. The van der Waals surface area contributed by atoms with E-state index >= 15 is 0 Å². The van der Waals surface area contributed by atoms with Crippen molar-refractivity contribution in [3.05, 3.63) is 40.8 Å². The van der Waals surface area contributed by atoms with Crippen molar-refractivity contribution in [1.29, 1.82) is 0 Å². The predicted octanol–water partition coefficient (Wildman–Crippen LogP) is 1.72. The summed E-state index contributed by atoms with van der Waals surface area (Å²) >= 11 is 7.38. The van der Waals surface area contributed by atoms with Crippen LogP contribution in [0.3, 0.4) is 0 Å². The van der Waals surface area contributed by atoms with Crippen LogP contribution in [0.1, 0.15) is 5.69 Å². The molecule has 7 nitrogen and oxygen atoms in total. The topological polar surface area (TPSA) is 107 Å². The number of hydrogen-bond acceptors (Lipinski definition) is 5. The van der Waals surface area contributed by atoms with Crippen molar-refractivity contribution in [2.75, 3.05) is 0 Å². The highest BCUT2D eigenvalue weighted by Gasteiger charge is 2.15. The fourth-order valence-corrected chi connectivity index (χ4v) is 2.85. The molecule has 3 rings (SSSR count). The van der Waals surface area contributed by atoms with E-state index in [1.54, 1.807) is 18.6 Å². The number of aromatic nitrogens is 3. The quantitative estimate of drug-likeness (QED) is 0.435. The van der Waals surface area contributed by atoms with E-state index in [1.165, 1.54) is 17.6 Å². The van der Waals surface area contributed by atoms with Gasteiger partial charge in [-0.1, -0.05) is 22.9 Å². The summed E-state index contributed by atoms with van der Waals surface area (Å²) in [6, 6.07) is 3.76. The summed E-state index contributed by atoms with van der Waals surface area (Å²) in [7, 11) is 0. The minimum Gasteiger partial charge on any atom is -0.369 e. The Kier molecular flexibility index (Phi) is 3.55. The van der Waals surface area contributed by atoms with E-state index in [0.29, 0.717) is 4.34 Å². The highest BCUT2D eigenvalue weighted by atomic mass is 35.5. The maximum atomic E-state index is 6.01. The molecule has 0 spiro atoms. The van der Waals surface area contributed by atoms with Gasteiger partial charge in [0.25, 0.3) is 0 Å². The molecule has 21 heavy (non-hydrogen) atoms. The third-order valence-corrected chi connectivity index (χ3v) is 3.72. The van der Waals surface area contributed by atoms with Gasteiger partial charge >= 0.3 is 0 Å². The molecule has 0 atom stereocenters. The molecule has 0 saturated heterocycles. The first-order chi connectivity index (χ1) is 10.1. The van der Waals surface area contributed by atoms with E-state index in [1.807, 2.05) is 16.5 Å². The summed E-state index contributed by atoms with van der Waals surface area (Å²) in [5.74, 6) is -0.113. The Labute approximate surface area is 128 Å². The molecular formula is C12H10ClN7S. The number of nitrogens with two attached hydrogens (primary N) is 2. The zero-order valence-corrected chi connectivity index (χ0v) is 12.2. The summed E-state index contributed by atoms with van der Waals surface area (Å²) < 4.78 is 2.47. The number of thiazole rings is 1. The van der Waals surface area contributed by atoms with Crippen LogP contribution in [0.4, 0.5) is 0 Å². The molecule has 0 aliphatic rings. The first-order valence-electron chi connectivity index (χ1n) is 5.85. The van der Waals surface area contributed by atoms with Crippen molar-refractivity contribution in [3.8, 4) is 11.3 Å². The second-order valence-corrected chi connectivity index (χ2v) is 5.69. The van der Waals surface area contributed by atoms with Crippen LogP contribution in [0.25, 0.3) is 16.2 Å². The maximum Gasteiger partial charge on any atom is 0.211 e. The fourth-order valence-electron chi connectivity index (χ4n) is 1.82. The standard InChI is InChI=1S/C12H10ClN7S/c13-9-6-20-8(5-17-19-11(14)15)10(18-12(20)21-9)7-2-1-3-16-4-7/h1-6H,(H4,14,15,19)/b17-5+. The van der Waals surface area contributed by atoms with Gasteiger partial charge in [-0.25, -0.2) is 4.98 Å². The summed E-state index contributed by atoms with van der Waals surface area (Å²) in [5, 5.41) is 7.46. The normalized spacial score (nSPS) is 11.3. The first-order valence-corrected chi connectivity index (χ1v) is 7.04. The number of fused-ring (bicyclic) bond motifs is 1. The van der Waals surface area contributed by atoms with Gasteiger partial charge in [-0.3, -0.25) is 9.38 Å². The number of hydrogen-bond donors (Lipinski definition) is 2. The molecule has 106 valence electrons. The van der Waals surface area contributed by atoms with Gasteiger partial charge in [0, 0.05) is 24.2 Å². The second kappa shape index (κ2) is 5.51. The minimum absolute atomic E-state index is 0.113. The Balaban J connectivity index is 2.17. The van der Waals surface area contributed by atoms with Crippen LogP contribution in [0.15, 0.2) is 40.9 Å². The van der Waals surface area contributed by atoms with Crippen LogP contribution >= 0.6 is 22.9 Å². The van der Waals surface area contributed by atoms with Gasteiger partial charge in [0.1, 0.15) is 10.0 Å². The van der Waals surface area contributed by atoms with E-state index in [2.05, 4.69) is 20.2 Å². The van der Waals surface area contributed by atoms with Crippen LogP contribution in [0.5, 0.6) is 0 Å². The van der Waals surface area contributed by atoms with Gasteiger partial charge in [-0.15, -0.1) is 5.10 Å². The van der Waals surface area contributed by atoms with Gasteiger partial charge < -0.3 is 11.5 Å². The predicted molar refractivity (Wildman–Crippen MR) is 84.7 cm³/mol. The Morgan fingerprint density at radius 1 is 1.43 bits per heavy atom. The van der Waals surface area contributed by atoms with E-state index in [-0.39, 0.29) is 5.96 Å². The van der Waals surface area contributed by atoms with Gasteiger partial charge in [-0.2, -0.15) is 5.10 Å². The van der Waals surface area contributed by atoms with Crippen molar-refractivity contribution in [2.24, 2.45) is 21.7 Å². The number of halogens is 1. The van der Waals surface area contributed by atoms with E-state index < -0.39 is 0 Å².